The number of aromatic nitrogens is 2. The van der Waals surface area contributed by atoms with Crippen LogP contribution >= 0.6 is 0 Å². The van der Waals surface area contributed by atoms with Crippen molar-refractivity contribution >= 4 is 10.1 Å². The molecule has 0 aliphatic rings. The maximum absolute atomic E-state index is 10.3. The van der Waals surface area contributed by atoms with E-state index in [0.29, 0.717) is 11.5 Å². The third-order valence-corrected chi connectivity index (χ3v) is 1.77. The van der Waals surface area contributed by atoms with Gasteiger partial charge in [0.15, 0.2) is 0 Å². The highest BCUT2D eigenvalue weighted by Crippen LogP contribution is 2.00. The zero-order chi connectivity index (χ0) is 8.48. The van der Waals surface area contributed by atoms with E-state index in [9.17, 15) is 8.42 Å². The average molecular weight is 208 g/mol. The van der Waals surface area contributed by atoms with Crippen molar-refractivity contribution in [1.29, 1.82) is 0 Å². The summed E-state index contributed by atoms with van der Waals surface area (Å²) in [6, 6.07) is 0. The van der Waals surface area contributed by atoms with Gasteiger partial charge in [0.2, 0.25) is 0 Å². The van der Waals surface area contributed by atoms with E-state index in [4.69, 9.17) is 4.55 Å². The summed E-state index contributed by atoms with van der Waals surface area (Å²) in [5.41, 5.74) is 0.394. The Balaban J connectivity index is 0. The van der Waals surface area contributed by atoms with Gasteiger partial charge >= 0.3 is 0 Å². The van der Waals surface area contributed by atoms with Crippen molar-refractivity contribution < 1.29 is 13.0 Å². The Hall–Kier alpha value is -0.880. The van der Waals surface area contributed by atoms with Gasteiger partial charge in [-0.2, -0.15) is 8.42 Å². The van der Waals surface area contributed by atoms with Crippen LogP contribution in [0.1, 0.15) is 26.4 Å². The first-order valence-electron chi connectivity index (χ1n) is 2.93. The highest BCUT2D eigenvalue weighted by atomic mass is 32.2. The highest BCUT2D eigenvalue weighted by Gasteiger charge is 2.07. The predicted molar refractivity (Wildman–Crippen MR) is 52.0 cm³/mol. The van der Waals surface area contributed by atoms with Crippen LogP contribution < -0.4 is 0 Å². The molecule has 0 bridgehead atoms. The van der Waals surface area contributed by atoms with Gasteiger partial charge in [0.25, 0.3) is 10.1 Å². The summed E-state index contributed by atoms with van der Waals surface area (Å²) in [5.74, 6) is 0.219. The molecule has 6 heteroatoms. The van der Waals surface area contributed by atoms with Gasteiger partial charge < -0.3 is 4.98 Å². The Kier molecular flexibility index (Phi) is 5.61. The lowest BCUT2D eigenvalue weighted by Crippen LogP contribution is -2.01. The minimum absolute atomic E-state index is 0. The van der Waals surface area contributed by atoms with Gasteiger partial charge in [0.05, 0.1) is 5.69 Å². The maximum Gasteiger partial charge on any atom is 0.270 e. The molecule has 0 atom stereocenters. The third-order valence-electron chi connectivity index (χ3n) is 1.09. The number of hydrogen-bond donors (Lipinski definition) is 2. The molecule has 0 aromatic carbocycles. The fraction of sp³-hybridized carbons (Fsp3) is 0.571. The van der Waals surface area contributed by atoms with Crippen LogP contribution in [-0.2, 0) is 15.9 Å². The first kappa shape index (κ1) is 14.6. The lowest BCUT2D eigenvalue weighted by atomic mass is 10.6. The SMILES string of the molecule is C.C.Cc1ncc(CS(=O)(=O)O)[nH]1. The molecule has 2 N–H and O–H groups in total. The molecule has 0 aliphatic carbocycles. The van der Waals surface area contributed by atoms with E-state index < -0.39 is 15.9 Å². The number of hydrogen-bond acceptors (Lipinski definition) is 3. The molecule has 0 aliphatic heterocycles. The van der Waals surface area contributed by atoms with Crippen LogP contribution in [0.4, 0.5) is 0 Å². The second kappa shape index (κ2) is 4.98. The summed E-state index contributed by atoms with van der Waals surface area (Å²) in [5, 5.41) is 0. The van der Waals surface area contributed by atoms with Crippen LogP contribution in [0.5, 0.6) is 0 Å². The van der Waals surface area contributed by atoms with E-state index in [1.165, 1.54) is 6.20 Å². The second-order valence-corrected chi connectivity index (χ2v) is 3.67. The number of aromatic amines is 1. The Morgan fingerprint density at radius 3 is 2.38 bits per heavy atom. The van der Waals surface area contributed by atoms with Crippen LogP contribution in [0, 0.1) is 6.92 Å². The van der Waals surface area contributed by atoms with Crippen LogP contribution in [0.25, 0.3) is 0 Å². The summed E-state index contributed by atoms with van der Waals surface area (Å²) in [7, 11) is -3.94. The van der Waals surface area contributed by atoms with Crippen molar-refractivity contribution in [3.63, 3.8) is 0 Å². The number of imidazole rings is 1. The van der Waals surface area contributed by atoms with Gasteiger partial charge in [-0.15, -0.1) is 0 Å². The molecule has 5 nitrogen and oxygen atoms in total. The van der Waals surface area contributed by atoms with Crippen molar-refractivity contribution in [3.05, 3.63) is 17.7 Å². The predicted octanol–water partition coefficient (Wildman–Crippen LogP) is 1.38. The van der Waals surface area contributed by atoms with Gasteiger partial charge in [0, 0.05) is 6.20 Å². The van der Waals surface area contributed by atoms with Crippen LogP contribution in [-0.4, -0.2) is 22.9 Å². The van der Waals surface area contributed by atoms with Gasteiger partial charge in [-0.05, 0) is 6.92 Å². The fourth-order valence-electron chi connectivity index (χ4n) is 0.742. The standard InChI is InChI=1S/C5H8N2O3S.2CH4/c1-4-6-2-5(7-4)3-11(8,9)10;;/h2H,3H2,1H3,(H,6,7)(H,8,9,10);2*1H4. The molecule has 13 heavy (non-hydrogen) atoms. The molecule has 0 unspecified atom stereocenters. The van der Waals surface area contributed by atoms with E-state index in [2.05, 4.69) is 9.97 Å². The van der Waals surface area contributed by atoms with Crippen molar-refractivity contribution in [3.8, 4) is 0 Å². The largest absolute Gasteiger partial charge is 0.345 e. The quantitative estimate of drug-likeness (QED) is 0.719. The highest BCUT2D eigenvalue weighted by molar-refractivity contribution is 7.84. The molecule has 0 saturated carbocycles. The number of nitrogens with zero attached hydrogens (tertiary/aromatic N) is 1. The lowest BCUT2D eigenvalue weighted by Gasteiger charge is -1.90. The first-order chi connectivity index (χ1) is 4.97. The third kappa shape index (κ3) is 5.37. The van der Waals surface area contributed by atoms with Gasteiger partial charge in [-0.25, -0.2) is 4.98 Å². The number of aryl methyl sites for hydroxylation is 1. The van der Waals surface area contributed by atoms with E-state index >= 15 is 0 Å². The topological polar surface area (TPSA) is 83.1 Å². The molecule has 1 rings (SSSR count). The Bertz CT molecular complexity index is 342. The summed E-state index contributed by atoms with van der Waals surface area (Å²) < 4.78 is 29.0. The van der Waals surface area contributed by atoms with Gasteiger partial charge in [-0.1, -0.05) is 14.9 Å². The minimum atomic E-state index is -3.94. The van der Waals surface area contributed by atoms with Crippen molar-refractivity contribution in [2.75, 3.05) is 0 Å². The Morgan fingerprint density at radius 1 is 1.54 bits per heavy atom. The molecular formula is C7H16N2O3S. The average Bonchev–Trinajstić information content (AvgIpc) is 2.10. The van der Waals surface area contributed by atoms with Gasteiger partial charge in [0.1, 0.15) is 11.6 Å². The van der Waals surface area contributed by atoms with Crippen molar-refractivity contribution in [2.45, 2.75) is 27.5 Å². The number of rotatable bonds is 2. The zero-order valence-corrected chi connectivity index (χ0v) is 6.72. The van der Waals surface area contributed by atoms with E-state index in [1.807, 2.05) is 0 Å². The minimum Gasteiger partial charge on any atom is -0.345 e. The summed E-state index contributed by atoms with van der Waals surface area (Å²) in [6.07, 6.45) is 1.38. The zero-order valence-electron chi connectivity index (χ0n) is 5.90. The molecule has 78 valence electrons. The van der Waals surface area contributed by atoms with E-state index in [-0.39, 0.29) is 14.9 Å². The molecule has 0 spiro atoms. The normalized spacial score (nSPS) is 10.0. The Morgan fingerprint density at radius 2 is 2.08 bits per heavy atom. The molecule has 1 heterocycles. The Labute approximate surface area is 79.0 Å². The second-order valence-electron chi connectivity index (χ2n) is 2.22. The van der Waals surface area contributed by atoms with Crippen molar-refractivity contribution in [1.82, 2.24) is 9.97 Å². The smallest absolute Gasteiger partial charge is 0.270 e. The maximum atomic E-state index is 10.3. The molecule has 0 saturated heterocycles. The van der Waals surface area contributed by atoms with E-state index in [1.54, 1.807) is 6.92 Å². The van der Waals surface area contributed by atoms with E-state index in [0.717, 1.165) is 0 Å². The molecule has 1 aromatic heterocycles. The number of H-pyrrole nitrogens is 1. The summed E-state index contributed by atoms with van der Waals surface area (Å²) in [6.45, 7) is 1.70. The van der Waals surface area contributed by atoms with Crippen LogP contribution in [0.2, 0.25) is 0 Å². The first-order valence-corrected chi connectivity index (χ1v) is 4.54. The fourth-order valence-corrected chi connectivity index (χ4v) is 1.28. The van der Waals surface area contributed by atoms with Gasteiger partial charge in [-0.3, -0.25) is 4.55 Å². The number of nitrogens with one attached hydrogen (secondary N) is 1. The molecular weight excluding hydrogens is 192 g/mol. The summed E-state index contributed by atoms with van der Waals surface area (Å²) >= 11 is 0. The monoisotopic (exact) mass is 208 g/mol. The molecule has 0 fully saturated rings. The van der Waals surface area contributed by atoms with Crippen molar-refractivity contribution in [2.24, 2.45) is 0 Å². The molecule has 0 radical (unpaired) electrons. The lowest BCUT2D eigenvalue weighted by molar-refractivity contribution is 0.481. The van der Waals surface area contributed by atoms with Crippen LogP contribution in [0.15, 0.2) is 6.20 Å². The summed E-state index contributed by atoms with van der Waals surface area (Å²) in [4.78, 5) is 6.45. The molecule has 0 amide bonds. The van der Waals surface area contributed by atoms with Crippen LogP contribution in [0.3, 0.4) is 0 Å². The molecule has 1 aromatic rings.